The summed E-state index contributed by atoms with van der Waals surface area (Å²) >= 11 is 6.11. The first-order valence-corrected chi connectivity index (χ1v) is 10.3. The average molecular weight is 388 g/mol. The Kier molecular flexibility index (Phi) is 5.39. The van der Waals surface area contributed by atoms with Crippen molar-refractivity contribution < 1.29 is 9.59 Å². The molecule has 1 unspecified atom stereocenters. The SMILES string of the molecule is O=C(NC1CCCCC1)C1CCCN1C(=O)Cc1c[nH]c2ccc(Cl)cc12. The highest BCUT2D eigenvalue weighted by molar-refractivity contribution is 6.31. The van der Waals surface area contributed by atoms with E-state index in [1.807, 2.05) is 24.4 Å². The number of nitrogens with zero attached hydrogens (tertiary/aromatic N) is 1. The van der Waals surface area contributed by atoms with E-state index in [9.17, 15) is 9.59 Å². The fourth-order valence-corrected chi connectivity index (χ4v) is 4.62. The Bertz CT molecular complexity index is 841. The number of aromatic nitrogens is 1. The number of carbonyl (C=O) groups excluding carboxylic acids is 2. The van der Waals surface area contributed by atoms with Crippen LogP contribution in [0.25, 0.3) is 10.9 Å². The number of nitrogens with one attached hydrogen (secondary N) is 2. The van der Waals surface area contributed by atoms with Gasteiger partial charge in [0.1, 0.15) is 6.04 Å². The lowest BCUT2D eigenvalue weighted by Gasteiger charge is -2.28. The number of benzene rings is 1. The van der Waals surface area contributed by atoms with Crippen LogP contribution >= 0.6 is 11.6 Å². The molecule has 2 amide bonds. The van der Waals surface area contributed by atoms with Crippen molar-refractivity contribution in [2.75, 3.05) is 6.54 Å². The molecule has 1 aromatic heterocycles. The van der Waals surface area contributed by atoms with Crippen LogP contribution in [-0.4, -0.2) is 40.3 Å². The standard InChI is InChI=1S/C21H26ClN3O2/c22-15-8-9-18-17(12-15)14(13-23-18)11-20(26)25-10-4-7-19(25)21(27)24-16-5-2-1-3-6-16/h8-9,12-13,16,19,23H,1-7,10-11H2,(H,24,27). The van der Waals surface area contributed by atoms with E-state index < -0.39 is 0 Å². The van der Waals surface area contributed by atoms with Gasteiger partial charge in [-0.25, -0.2) is 0 Å². The van der Waals surface area contributed by atoms with Crippen molar-refractivity contribution in [1.82, 2.24) is 15.2 Å². The summed E-state index contributed by atoms with van der Waals surface area (Å²) in [6.07, 6.45) is 9.53. The van der Waals surface area contributed by atoms with E-state index in [1.54, 1.807) is 4.90 Å². The molecule has 2 aromatic rings. The van der Waals surface area contributed by atoms with Gasteiger partial charge in [0.05, 0.1) is 6.42 Å². The van der Waals surface area contributed by atoms with Crippen LogP contribution in [0.3, 0.4) is 0 Å². The normalized spacial score (nSPS) is 20.9. The zero-order valence-electron chi connectivity index (χ0n) is 15.5. The van der Waals surface area contributed by atoms with Gasteiger partial charge in [0.15, 0.2) is 0 Å². The molecule has 2 aliphatic rings. The van der Waals surface area contributed by atoms with E-state index in [1.165, 1.54) is 19.3 Å². The lowest BCUT2D eigenvalue weighted by Crippen LogP contribution is -2.49. The summed E-state index contributed by atoms with van der Waals surface area (Å²) in [5.41, 5.74) is 1.89. The molecule has 1 aromatic carbocycles. The third kappa shape index (κ3) is 3.98. The van der Waals surface area contributed by atoms with Crippen LogP contribution in [-0.2, 0) is 16.0 Å². The van der Waals surface area contributed by atoms with Gasteiger partial charge < -0.3 is 15.2 Å². The summed E-state index contributed by atoms with van der Waals surface area (Å²) in [7, 11) is 0. The van der Waals surface area contributed by atoms with Gasteiger partial charge in [-0.2, -0.15) is 0 Å². The molecule has 1 saturated carbocycles. The van der Waals surface area contributed by atoms with E-state index >= 15 is 0 Å². The Balaban J connectivity index is 1.43. The van der Waals surface area contributed by atoms with Gasteiger partial charge in [-0.3, -0.25) is 9.59 Å². The molecule has 1 aliphatic carbocycles. The van der Waals surface area contributed by atoms with Crippen molar-refractivity contribution in [2.24, 2.45) is 0 Å². The Hall–Kier alpha value is -2.01. The van der Waals surface area contributed by atoms with Gasteiger partial charge in [0, 0.05) is 34.7 Å². The van der Waals surface area contributed by atoms with Gasteiger partial charge in [-0.1, -0.05) is 30.9 Å². The van der Waals surface area contributed by atoms with Crippen molar-refractivity contribution >= 4 is 34.3 Å². The lowest BCUT2D eigenvalue weighted by molar-refractivity contribution is -0.138. The topological polar surface area (TPSA) is 65.2 Å². The minimum atomic E-state index is -0.326. The van der Waals surface area contributed by atoms with Crippen LogP contribution in [0.2, 0.25) is 5.02 Å². The van der Waals surface area contributed by atoms with Gasteiger partial charge >= 0.3 is 0 Å². The summed E-state index contributed by atoms with van der Waals surface area (Å²) in [5, 5.41) is 4.81. The Morgan fingerprint density at radius 2 is 1.96 bits per heavy atom. The number of hydrogen-bond acceptors (Lipinski definition) is 2. The summed E-state index contributed by atoms with van der Waals surface area (Å²) in [4.78, 5) is 30.7. The van der Waals surface area contributed by atoms with Crippen LogP contribution in [0.4, 0.5) is 0 Å². The minimum absolute atomic E-state index is 0.0113. The maximum absolute atomic E-state index is 12.9. The first-order valence-electron chi connectivity index (χ1n) is 9.97. The van der Waals surface area contributed by atoms with E-state index in [2.05, 4.69) is 10.3 Å². The molecule has 1 aliphatic heterocycles. The predicted molar refractivity (Wildman–Crippen MR) is 107 cm³/mol. The molecule has 0 radical (unpaired) electrons. The summed E-state index contributed by atoms with van der Waals surface area (Å²) in [6, 6.07) is 5.58. The van der Waals surface area contributed by atoms with E-state index in [-0.39, 0.29) is 30.3 Å². The molecule has 1 saturated heterocycles. The molecular formula is C21H26ClN3O2. The van der Waals surface area contributed by atoms with E-state index in [0.717, 1.165) is 42.1 Å². The molecule has 2 fully saturated rings. The number of hydrogen-bond donors (Lipinski definition) is 2. The number of rotatable bonds is 4. The minimum Gasteiger partial charge on any atom is -0.361 e. The molecule has 6 heteroatoms. The number of carbonyl (C=O) groups is 2. The maximum Gasteiger partial charge on any atom is 0.243 e. The van der Waals surface area contributed by atoms with Crippen molar-refractivity contribution in [3.63, 3.8) is 0 Å². The molecule has 0 bridgehead atoms. The van der Waals surface area contributed by atoms with Crippen molar-refractivity contribution in [3.05, 3.63) is 35.0 Å². The second kappa shape index (κ2) is 7.93. The molecule has 2 N–H and O–H groups in total. The Morgan fingerprint density at radius 1 is 1.15 bits per heavy atom. The number of amides is 2. The number of H-pyrrole nitrogens is 1. The summed E-state index contributed by atoms with van der Waals surface area (Å²) < 4.78 is 0. The van der Waals surface area contributed by atoms with Crippen LogP contribution < -0.4 is 5.32 Å². The first-order chi connectivity index (χ1) is 13.1. The Labute approximate surface area is 164 Å². The first kappa shape index (κ1) is 18.4. The third-order valence-corrected chi connectivity index (χ3v) is 6.13. The second-order valence-corrected chi connectivity index (χ2v) is 8.21. The fourth-order valence-electron chi connectivity index (χ4n) is 4.44. The number of likely N-dealkylation sites (tertiary alicyclic amines) is 1. The molecule has 5 nitrogen and oxygen atoms in total. The second-order valence-electron chi connectivity index (χ2n) is 7.77. The average Bonchev–Trinajstić information content (AvgIpc) is 3.30. The van der Waals surface area contributed by atoms with Gasteiger partial charge in [0.25, 0.3) is 0 Å². The van der Waals surface area contributed by atoms with Gasteiger partial charge in [-0.15, -0.1) is 0 Å². The summed E-state index contributed by atoms with van der Waals surface area (Å²) in [6.45, 7) is 0.657. The monoisotopic (exact) mass is 387 g/mol. The highest BCUT2D eigenvalue weighted by Gasteiger charge is 2.35. The van der Waals surface area contributed by atoms with Crippen LogP contribution in [0.1, 0.15) is 50.5 Å². The van der Waals surface area contributed by atoms with E-state index in [4.69, 9.17) is 11.6 Å². The molecule has 1 atom stereocenters. The highest BCUT2D eigenvalue weighted by atomic mass is 35.5. The molecule has 0 spiro atoms. The van der Waals surface area contributed by atoms with Crippen LogP contribution in [0.5, 0.6) is 0 Å². The van der Waals surface area contributed by atoms with Gasteiger partial charge in [-0.05, 0) is 49.4 Å². The number of fused-ring (bicyclic) bond motifs is 1. The molecule has 2 heterocycles. The lowest BCUT2D eigenvalue weighted by atomic mass is 9.95. The maximum atomic E-state index is 12.9. The van der Waals surface area contributed by atoms with Crippen molar-refractivity contribution in [3.8, 4) is 0 Å². The van der Waals surface area contributed by atoms with E-state index in [0.29, 0.717) is 11.6 Å². The van der Waals surface area contributed by atoms with Crippen LogP contribution in [0, 0.1) is 0 Å². The fraction of sp³-hybridized carbons (Fsp3) is 0.524. The number of halogens is 1. The summed E-state index contributed by atoms with van der Waals surface area (Å²) in [5.74, 6) is 0.0342. The third-order valence-electron chi connectivity index (χ3n) is 5.90. The van der Waals surface area contributed by atoms with Gasteiger partial charge in [0.2, 0.25) is 11.8 Å². The van der Waals surface area contributed by atoms with Crippen molar-refractivity contribution in [2.45, 2.75) is 63.5 Å². The Morgan fingerprint density at radius 3 is 2.78 bits per heavy atom. The van der Waals surface area contributed by atoms with Crippen molar-refractivity contribution in [1.29, 1.82) is 0 Å². The van der Waals surface area contributed by atoms with Crippen LogP contribution in [0.15, 0.2) is 24.4 Å². The molecule has 4 rings (SSSR count). The molecule has 144 valence electrons. The smallest absolute Gasteiger partial charge is 0.243 e. The number of aromatic amines is 1. The zero-order chi connectivity index (χ0) is 18.8. The highest BCUT2D eigenvalue weighted by Crippen LogP contribution is 2.25. The quantitative estimate of drug-likeness (QED) is 0.837. The zero-order valence-corrected chi connectivity index (χ0v) is 16.2. The predicted octanol–water partition coefficient (Wildman–Crippen LogP) is 3.80. The molecular weight excluding hydrogens is 362 g/mol. The largest absolute Gasteiger partial charge is 0.361 e. The molecule has 27 heavy (non-hydrogen) atoms.